The average Bonchev–Trinajstić information content (AvgIpc) is 2.74. The van der Waals surface area contributed by atoms with Crippen molar-refractivity contribution in [3.63, 3.8) is 0 Å². The van der Waals surface area contributed by atoms with Crippen molar-refractivity contribution in [3.05, 3.63) is 64.4 Å². The molecule has 0 heterocycles. The van der Waals surface area contributed by atoms with Crippen LogP contribution in [0.25, 0.3) is 0 Å². The van der Waals surface area contributed by atoms with E-state index in [-0.39, 0.29) is 41.1 Å². The zero-order valence-electron chi connectivity index (χ0n) is 16.1. The zero-order valence-corrected chi connectivity index (χ0v) is 16.9. The Labute approximate surface area is 178 Å². The van der Waals surface area contributed by atoms with Gasteiger partial charge in [0.1, 0.15) is 0 Å². The molecule has 1 unspecified atom stereocenters. The van der Waals surface area contributed by atoms with Crippen LogP contribution < -0.4 is 10.6 Å². The second-order valence-electron chi connectivity index (χ2n) is 6.23. The predicted octanol–water partition coefficient (Wildman–Crippen LogP) is 2.57. The molecule has 1 amide bonds. The second kappa shape index (κ2) is 11.3. The molecule has 2 aromatic rings. The summed E-state index contributed by atoms with van der Waals surface area (Å²) < 4.78 is 29.3. The molecule has 2 N–H and O–H groups in total. The third-order valence-corrected chi connectivity index (χ3v) is 4.47. The Hall–Kier alpha value is -2.91. The van der Waals surface area contributed by atoms with E-state index in [2.05, 4.69) is 15.4 Å². The number of carbonyl (C=O) groups excluding carboxylic acids is 3. The average molecular weight is 433 g/mol. The van der Waals surface area contributed by atoms with Crippen molar-refractivity contribution in [3.8, 4) is 0 Å². The van der Waals surface area contributed by atoms with Crippen LogP contribution in [0.2, 0.25) is 5.02 Å². The van der Waals surface area contributed by atoms with E-state index in [1.54, 1.807) is 0 Å². The van der Waals surface area contributed by atoms with Crippen molar-refractivity contribution in [2.24, 2.45) is 0 Å². The summed E-state index contributed by atoms with van der Waals surface area (Å²) in [6.07, 6.45) is -0.0977. The van der Waals surface area contributed by atoms with Crippen molar-refractivity contribution >= 4 is 42.1 Å². The molecular weight excluding hydrogens is 413 g/mol. The first-order valence-electron chi connectivity index (χ1n) is 9.00. The van der Waals surface area contributed by atoms with E-state index in [9.17, 15) is 23.5 Å². The van der Waals surface area contributed by atoms with Gasteiger partial charge >= 0.3 is 178 Å². The summed E-state index contributed by atoms with van der Waals surface area (Å²) in [7, 11) is 1.80. The van der Waals surface area contributed by atoms with Gasteiger partial charge in [0.25, 0.3) is 0 Å². The standard InChI is InChI=1S/C20H19BClFN2O5/c1-30-18(26)9-8-17(24-11-21-29)20(28)25-16-7-6-12(22)10-14(16)19(27)13-4-2-3-5-15(13)23/h2-7,10,17,24H,8-9,11H2,1H3,(H,25,28). The van der Waals surface area contributed by atoms with Gasteiger partial charge in [-0.05, 0) is 0 Å². The van der Waals surface area contributed by atoms with Gasteiger partial charge in [-0.3, -0.25) is 0 Å². The molecule has 0 spiro atoms. The van der Waals surface area contributed by atoms with E-state index in [4.69, 9.17) is 11.6 Å². The van der Waals surface area contributed by atoms with Gasteiger partial charge in [0.05, 0.1) is 0 Å². The fourth-order valence-corrected chi connectivity index (χ4v) is 2.88. The van der Waals surface area contributed by atoms with Crippen molar-refractivity contribution in [1.82, 2.24) is 5.32 Å². The van der Waals surface area contributed by atoms with Crippen LogP contribution in [0.1, 0.15) is 28.8 Å². The topological polar surface area (TPSA) is 102 Å². The quantitative estimate of drug-likeness (QED) is 0.340. The van der Waals surface area contributed by atoms with Crippen LogP contribution in [0.3, 0.4) is 0 Å². The van der Waals surface area contributed by atoms with Gasteiger partial charge in [-0.15, -0.1) is 0 Å². The van der Waals surface area contributed by atoms with Gasteiger partial charge in [0.2, 0.25) is 0 Å². The number of rotatable bonds is 10. The minimum absolute atomic E-state index is 0.00283. The molecule has 156 valence electrons. The van der Waals surface area contributed by atoms with Crippen LogP contribution in [0, 0.1) is 5.82 Å². The first-order chi connectivity index (χ1) is 14.4. The molecule has 1 atom stereocenters. The molecule has 0 aromatic heterocycles. The van der Waals surface area contributed by atoms with Gasteiger partial charge in [0.15, 0.2) is 0 Å². The van der Waals surface area contributed by atoms with E-state index in [0.717, 1.165) is 6.07 Å². The van der Waals surface area contributed by atoms with E-state index in [1.165, 1.54) is 43.5 Å². The van der Waals surface area contributed by atoms with Gasteiger partial charge in [0, 0.05) is 0 Å². The number of ether oxygens (including phenoxy) is 1. The maximum absolute atomic E-state index is 14.1. The maximum atomic E-state index is 14.1. The summed E-state index contributed by atoms with van der Waals surface area (Å²) in [5.74, 6) is -2.45. The molecule has 10 heteroatoms. The summed E-state index contributed by atoms with van der Waals surface area (Å²) >= 11 is 6.00. The Bertz CT molecular complexity index is 957. The Morgan fingerprint density at radius 3 is 2.57 bits per heavy atom. The molecule has 0 aliphatic carbocycles. The predicted molar refractivity (Wildman–Crippen MR) is 109 cm³/mol. The van der Waals surface area contributed by atoms with Crippen molar-refractivity contribution in [2.75, 3.05) is 18.9 Å². The third kappa shape index (κ3) is 6.30. The van der Waals surface area contributed by atoms with Crippen molar-refractivity contribution in [2.45, 2.75) is 18.9 Å². The first-order valence-corrected chi connectivity index (χ1v) is 9.38. The SMILES string of the molecule is COC(=O)CCC(NCB=O)C(=O)Nc1ccc(Cl)cc1C(=O)c1ccccc1F. The number of ketones is 1. The summed E-state index contributed by atoms with van der Waals surface area (Å²) in [6, 6.07) is 8.78. The molecule has 0 fully saturated rings. The number of nitrogens with one attached hydrogen (secondary N) is 2. The number of hydrogen-bond acceptors (Lipinski definition) is 6. The number of halogens is 2. The number of amides is 1. The first kappa shape index (κ1) is 23.4. The minimum atomic E-state index is -0.901. The fraction of sp³-hybridized carbons (Fsp3) is 0.250. The monoisotopic (exact) mass is 432 g/mol. The third-order valence-electron chi connectivity index (χ3n) is 4.23. The molecule has 0 aliphatic heterocycles. The molecule has 2 aromatic carbocycles. The summed E-state index contributed by atoms with van der Waals surface area (Å²) in [5, 5.41) is 5.53. The number of carbonyl (C=O) groups is 3. The molecule has 0 radical (unpaired) electrons. The van der Waals surface area contributed by atoms with E-state index < -0.39 is 29.5 Å². The van der Waals surface area contributed by atoms with Crippen LogP contribution in [-0.2, 0) is 19.0 Å². The number of methoxy groups -OCH3 is 1. The molecule has 0 saturated carbocycles. The normalized spacial score (nSPS) is 11.3. The summed E-state index contributed by atoms with van der Waals surface area (Å²) in [6.45, 7) is 0. The second-order valence-corrected chi connectivity index (χ2v) is 6.67. The Kier molecular flexibility index (Phi) is 8.82. The van der Waals surface area contributed by atoms with Gasteiger partial charge in [-0.25, -0.2) is 0 Å². The number of hydrogen-bond donors (Lipinski definition) is 2. The molecule has 0 bridgehead atoms. The van der Waals surface area contributed by atoms with Crippen LogP contribution in [0.15, 0.2) is 42.5 Å². The summed E-state index contributed by atoms with van der Waals surface area (Å²) in [5.41, 5.74) is -0.0479. The van der Waals surface area contributed by atoms with E-state index in [1.807, 2.05) is 0 Å². The van der Waals surface area contributed by atoms with Gasteiger partial charge < -0.3 is 0 Å². The van der Waals surface area contributed by atoms with Crippen LogP contribution in [0.4, 0.5) is 10.1 Å². The molecule has 2 rings (SSSR count). The van der Waals surface area contributed by atoms with Crippen LogP contribution >= 0.6 is 11.6 Å². The van der Waals surface area contributed by atoms with E-state index in [0.29, 0.717) is 7.15 Å². The fourth-order valence-electron chi connectivity index (χ4n) is 2.70. The molecule has 0 saturated heterocycles. The Balaban J connectivity index is 2.28. The molecule has 0 aliphatic rings. The Morgan fingerprint density at radius 2 is 1.90 bits per heavy atom. The Morgan fingerprint density at radius 1 is 1.17 bits per heavy atom. The van der Waals surface area contributed by atoms with Crippen LogP contribution in [-0.4, -0.2) is 44.4 Å². The van der Waals surface area contributed by atoms with Crippen molar-refractivity contribution < 1.29 is 28.2 Å². The number of anilines is 1. The van der Waals surface area contributed by atoms with Gasteiger partial charge in [-0.2, -0.15) is 0 Å². The zero-order chi connectivity index (χ0) is 22.1. The van der Waals surface area contributed by atoms with Crippen molar-refractivity contribution in [1.29, 1.82) is 0 Å². The molecule has 7 nitrogen and oxygen atoms in total. The molecular formula is C20H19BClFN2O5. The number of esters is 1. The van der Waals surface area contributed by atoms with Gasteiger partial charge in [-0.1, -0.05) is 0 Å². The number of benzene rings is 2. The summed E-state index contributed by atoms with van der Waals surface area (Å²) in [4.78, 5) is 37.0. The van der Waals surface area contributed by atoms with E-state index >= 15 is 0 Å². The van der Waals surface area contributed by atoms with Crippen LogP contribution in [0.5, 0.6) is 0 Å². The molecule has 30 heavy (non-hydrogen) atoms.